The van der Waals surface area contributed by atoms with Crippen molar-refractivity contribution in [1.29, 1.82) is 0 Å². The molecule has 0 bridgehead atoms. The van der Waals surface area contributed by atoms with Crippen LogP contribution >= 0.6 is 11.3 Å². The highest BCUT2D eigenvalue weighted by Crippen LogP contribution is 2.24. The number of hydrogen-bond donors (Lipinski definition) is 1. The number of thiophene rings is 1. The molecule has 2 amide bonds. The minimum atomic E-state index is -0.0229. The van der Waals surface area contributed by atoms with Crippen LogP contribution in [0.15, 0.2) is 66.0 Å². The van der Waals surface area contributed by atoms with Gasteiger partial charge in [-0.3, -0.25) is 9.59 Å². The molecule has 0 saturated carbocycles. The molecule has 5 nitrogen and oxygen atoms in total. The van der Waals surface area contributed by atoms with Crippen molar-refractivity contribution in [3.8, 4) is 0 Å². The summed E-state index contributed by atoms with van der Waals surface area (Å²) in [4.78, 5) is 28.1. The summed E-state index contributed by atoms with van der Waals surface area (Å²) in [6.07, 6.45) is 2.51. The second-order valence-electron chi connectivity index (χ2n) is 8.08. The van der Waals surface area contributed by atoms with Gasteiger partial charge in [0, 0.05) is 18.8 Å². The van der Waals surface area contributed by atoms with Gasteiger partial charge in [0.05, 0.1) is 23.9 Å². The third kappa shape index (κ3) is 5.64. The summed E-state index contributed by atoms with van der Waals surface area (Å²) in [7, 11) is 0. The van der Waals surface area contributed by atoms with Gasteiger partial charge in [0.2, 0.25) is 5.91 Å². The predicted octanol–water partition coefficient (Wildman–Crippen LogP) is 4.74. The first-order valence-corrected chi connectivity index (χ1v) is 11.9. The minimum Gasteiger partial charge on any atom is -0.376 e. The van der Waals surface area contributed by atoms with Crippen LogP contribution in [0.3, 0.4) is 0 Å². The standard InChI is InChI=1S/C26H28N2O3S/c1-19-6-2-3-7-21(19)18-28(26(30)24-9-5-15-32-24)22-12-10-20(11-13-22)16-25(29)27-17-23-8-4-14-31-23/h2-3,5-7,9-13,15,23H,4,8,14,16-18H2,1H3,(H,27,29). The number of hydrogen-bond acceptors (Lipinski definition) is 4. The molecule has 166 valence electrons. The summed E-state index contributed by atoms with van der Waals surface area (Å²) in [5, 5.41) is 4.87. The van der Waals surface area contributed by atoms with Gasteiger partial charge in [-0.25, -0.2) is 0 Å². The smallest absolute Gasteiger partial charge is 0.268 e. The number of anilines is 1. The fourth-order valence-corrected chi connectivity index (χ4v) is 4.52. The molecule has 2 heterocycles. The van der Waals surface area contributed by atoms with E-state index in [9.17, 15) is 9.59 Å². The van der Waals surface area contributed by atoms with Crippen LogP contribution < -0.4 is 10.2 Å². The van der Waals surface area contributed by atoms with E-state index in [1.54, 1.807) is 4.90 Å². The van der Waals surface area contributed by atoms with Crippen molar-refractivity contribution in [2.45, 2.75) is 38.8 Å². The highest BCUT2D eigenvalue weighted by atomic mass is 32.1. The highest BCUT2D eigenvalue weighted by Gasteiger charge is 2.20. The molecular weight excluding hydrogens is 420 g/mol. The Morgan fingerprint density at radius 1 is 1.09 bits per heavy atom. The van der Waals surface area contributed by atoms with E-state index in [0.29, 0.717) is 24.4 Å². The molecule has 3 aromatic rings. The predicted molar refractivity (Wildman–Crippen MR) is 128 cm³/mol. The third-order valence-electron chi connectivity index (χ3n) is 5.73. The van der Waals surface area contributed by atoms with Gasteiger partial charge < -0.3 is 15.0 Å². The molecule has 4 rings (SSSR count). The quantitative estimate of drug-likeness (QED) is 0.541. The van der Waals surface area contributed by atoms with Crippen molar-refractivity contribution < 1.29 is 14.3 Å². The summed E-state index contributed by atoms with van der Waals surface area (Å²) in [5.41, 5.74) is 3.99. The maximum Gasteiger partial charge on any atom is 0.268 e. The van der Waals surface area contributed by atoms with Crippen molar-refractivity contribution in [1.82, 2.24) is 5.32 Å². The van der Waals surface area contributed by atoms with Crippen molar-refractivity contribution in [2.24, 2.45) is 0 Å². The van der Waals surface area contributed by atoms with Gasteiger partial charge in [-0.2, -0.15) is 0 Å². The van der Waals surface area contributed by atoms with Gasteiger partial charge in [0.1, 0.15) is 0 Å². The third-order valence-corrected chi connectivity index (χ3v) is 6.59. The molecule has 2 aromatic carbocycles. The van der Waals surface area contributed by atoms with Gasteiger partial charge in [-0.05, 0) is 60.0 Å². The zero-order valence-electron chi connectivity index (χ0n) is 18.3. The van der Waals surface area contributed by atoms with Crippen molar-refractivity contribution in [2.75, 3.05) is 18.1 Å². The molecule has 1 fully saturated rings. The van der Waals surface area contributed by atoms with Gasteiger partial charge in [0.25, 0.3) is 5.91 Å². The van der Waals surface area contributed by atoms with Crippen LogP contribution in [0, 0.1) is 6.92 Å². The van der Waals surface area contributed by atoms with E-state index in [4.69, 9.17) is 4.74 Å². The number of amides is 2. The molecule has 1 aliphatic rings. The van der Waals surface area contributed by atoms with Crippen LogP contribution in [0.4, 0.5) is 5.69 Å². The molecule has 0 aliphatic carbocycles. The Hall–Kier alpha value is -2.96. The number of ether oxygens (including phenoxy) is 1. The van der Waals surface area contributed by atoms with Gasteiger partial charge in [0.15, 0.2) is 0 Å². The van der Waals surface area contributed by atoms with Crippen LogP contribution in [0.1, 0.15) is 39.2 Å². The van der Waals surface area contributed by atoms with Crippen LogP contribution in [0.2, 0.25) is 0 Å². The zero-order valence-corrected chi connectivity index (χ0v) is 19.1. The fourth-order valence-electron chi connectivity index (χ4n) is 3.85. The Labute approximate surface area is 193 Å². The minimum absolute atomic E-state index is 0.0142. The average molecular weight is 449 g/mol. The first-order valence-electron chi connectivity index (χ1n) is 11.0. The molecule has 6 heteroatoms. The Bertz CT molecular complexity index is 1040. The maximum atomic E-state index is 13.3. The summed E-state index contributed by atoms with van der Waals surface area (Å²) < 4.78 is 5.55. The van der Waals surface area contributed by atoms with E-state index in [-0.39, 0.29) is 17.9 Å². The van der Waals surface area contributed by atoms with E-state index in [0.717, 1.165) is 41.8 Å². The Kier molecular flexibility index (Phi) is 7.35. The van der Waals surface area contributed by atoms with Gasteiger partial charge >= 0.3 is 0 Å². The molecule has 1 unspecified atom stereocenters. The molecule has 1 saturated heterocycles. The number of carbonyl (C=O) groups is 2. The number of nitrogens with zero attached hydrogens (tertiary/aromatic N) is 1. The van der Waals surface area contributed by atoms with Crippen molar-refractivity contribution in [3.05, 3.63) is 87.6 Å². The lowest BCUT2D eigenvalue weighted by Gasteiger charge is -2.23. The number of nitrogens with one attached hydrogen (secondary N) is 1. The molecule has 1 atom stereocenters. The largest absolute Gasteiger partial charge is 0.376 e. The van der Waals surface area contributed by atoms with Crippen molar-refractivity contribution in [3.63, 3.8) is 0 Å². The monoisotopic (exact) mass is 448 g/mol. The summed E-state index contributed by atoms with van der Waals surface area (Å²) in [6, 6.07) is 19.5. The summed E-state index contributed by atoms with van der Waals surface area (Å²) in [6.45, 7) is 3.90. The number of aryl methyl sites for hydroxylation is 1. The van der Waals surface area contributed by atoms with Crippen LogP contribution in [0.5, 0.6) is 0 Å². The van der Waals surface area contributed by atoms with E-state index < -0.39 is 0 Å². The Balaban J connectivity index is 1.46. The Morgan fingerprint density at radius 2 is 1.91 bits per heavy atom. The van der Waals surface area contributed by atoms with Crippen LogP contribution in [0.25, 0.3) is 0 Å². The first-order chi connectivity index (χ1) is 15.6. The zero-order chi connectivity index (χ0) is 22.3. The number of rotatable bonds is 8. The molecule has 32 heavy (non-hydrogen) atoms. The average Bonchev–Trinajstić information content (AvgIpc) is 3.52. The van der Waals surface area contributed by atoms with Crippen LogP contribution in [-0.4, -0.2) is 31.1 Å². The van der Waals surface area contributed by atoms with E-state index >= 15 is 0 Å². The fraction of sp³-hybridized carbons (Fsp3) is 0.308. The SMILES string of the molecule is Cc1ccccc1CN(C(=O)c1cccs1)c1ccc(CC(=O)NCC2CCCO2)cc1. The van der Waals surface area contributed by atoms with Gasteiger partial charge in [-0.15, -0.1) is 11.3 Å². The second-order valence-corrected chi connectivity index (χ2v) is 9.03. The molecule has 1 aromatic heterocycles. The molecule has 1 aliphatic heterocycles. The Morgan fingerprint density at radius 3 is 2.59 bits per heavy atom. The molecule has 1 N–H and O–H groups in total. The maximum absolute atomic E-state index is 13.3. The van der Waals surface area contributed by atoms with Gasteiger partial charge in [-0.1, -0.05) is 42.5 Å². The summed E-state index contributed by atoms with van der Waals surface area (Å²) in [5.74, 6) is -0.0370. The number of carbonyl (C=O) groups excluding carboxylic acids is 2. The lowest BCUT2D eigenvalue weighted by Crippen LogP contribution is -2.32. The van der Waals surface area contributed by atoms with Crippen LogP contribution in [-0.2, 0) is 22.5 Å². The number of benzene rings is 2. The van der Waals surface area contributed by atoms with Crippen molar-refractivity contribution >= 4 is 28.8 Å². The highest BCUT2D eigenvalue weighted by molar-refractivity contribution is 7.12. The topological polar surface area (TPSA) is 58.6 Å². The normalized spacial score (nSPS) is 15.5. The molecular formula is C26H28N2O3S. The molecule has 0 spiro atoms. The second kappa shape index (κ2) is 10.6. The van der Waals surface area contributed by atoms with E-state index in [1.165, 1.54) is 11.3 Å². The lowest BCUT2D eigenvalue weighted by molar-refractivity contribution is -0.120. The molecule has 0 radical (unpaired) electrons. The van der Waals surface area contributed by atoms with E-state index in [1.807, 2.05) is 53.9 Å². The summed E-state index contributed by atoms with van der Waals surface area (Å²) >= 11 is 1.44. The van der Waals surface area contributed by atoms with E-state index in [2.05, 4.69) is 24.4 Å². The first kappa shape index (κ1) is 22.2. The lowest BCUT2D eigenvalue weighted by atomic mass is 10.1.